The molecule has 4 saturated carbocycles. The minimum absolute atomic E-state index is 0.00212. The molecule has 6 nitrogen and oxygen atoms in total. The quantitative estimate of drug-likeness (QED) is 0.350. The summed E-state index contributed by atoms with van der Waals surface area (Å²) in [5.74, 6) is 1.68. The predicted molar refractivity (Wildman–Crippen MR) is 164 cm³/mol. The van der Waals surface area contributed by atoms with Crippen LogP contribution in [0.15, 0.2) is 24.0 Å². The Kier molecular flexibility index (Phi) is 7.77. The molecule has 6 heteroatoms. The third kappa shape index (κ3) is 4.73. The van der Waals surface area contributed by atoms with Crippen molar-refractivity contribution in [2.24, 2.45) is 57.2 Å². The number of hydrogen-bond acceptors (Lipinski definition) is 5. The molecule has 0 bridgehead atoms. The van der Waals surface area contributed by atoms with Crippen LogP contribution < -0.4 is 0 Å². The number of allylic oxidation sites excluding steroid dienone is 3. The Balaban J connectivity index is 1.22. The van der Waals surface area contributed by atoms with Gasteiger partial charge in [-0.2, -0.15) is 0 Å². The van der Waals surface area contributed by atoms with Gasteiger partial charge in [-0.05, 0) is 103 Å². The molecule has 1 aliphatic heterocycles. The molecular formula is C36H55NO5. The molecule has 0 radical (unpaired) electrons. The van der Waals surface area contributed by atoms with Crippen molar-refractivity contribution in [1.29, 1.82) is 0 Å². The van der Waals surface area contributed by atoms with Gasteiger partial charge in [-0.3, -0.25) is 14.5 Å². The molecule has 5 aliphatic carbocycles. The third-order valence-electron chi connectivity index (χ3n) is 14.0. The minimum atomic E-state index is -0.662. The molecule has 9 unspecified atom stereocenters. The highest BCUT2D eigenvalue weighted by atomic mass is 16.5. The first kappa shape index (κ1) is 30.4. The van der Waals surface area contributed by atoms with Crippen molar-refractivity contribution in [2.45, 2.75) is 92.4 Å². The fourth-order valence-corrected chi connectivity index (χ4v) is 11.8. The van der Waals surface area contributed by atoms with Gasteiger partial charge in [-0.25, -0.2) is 0 Å². The smallest absolute Gasteiger partial charge is 0.306 e. The van der Waals surface area contributed by atoms with Crippen molar-refractivity contribution in [3.63, 3.8) is 0 Å². The fraction of sp³-hybridized carbons (Fsp3) is 0.833. The Hall–Kier alpha value is -1.66. The van der Waals surface area contributed by atoms with Crippen LogP contribution in [0.1, 0.15) is 92.4 Å². The average Bonchev–Trinajstić information content (AvgIpc) is 2.92. The summed E-state index contributed by atoms with van der Waals surface area (Å²) in [6.07, 6.45) is 11.0. The number of hydrogen-bond donors (Lipinski definition) is 1. The number of nitrogens with zero attached hydrogens (tertiary/aromatic N) is 1. The maximum Gasteiger partial charge on any atom is 0.306 e. The zero-order valence-corrected chi connectivity index (χ0v) is 26.9. The standard InChI is InChI=1S/C36H55NO5/c1-23(42-20-17-37-15-18-41-19-16-37)26-9-13-36(6)30(33(26,2)3)10-14-35(5)27-8-12-34(4)11-7-24(32(39)40)21-28(34)25(27)22-29(38)31(35)36/h22,24,26-28,30-31H,1,7-21H2,2-6H3,(H,39,40). The van der Waals surface area contributed by atoms with E-state index in [9.17, 15) is 14.7 Å². The van der Waals surface area contributed by atoms with Crippen LogP contribution in [0.3, 0.4) is 0 Å². The molecule has 1 N–H and O–H groups in total. The number of ketones is 1. The zero-order chi connectivity index (χ0) is 30.1. The minimum Gasteiger partial charge on any atom is -0.497 e. The van der Waals surface area contributed by atoms with Gasteiger partial charge in [0.2, 0.25) is 0 Å². The lowest BCUT2D eigenvalue weighted by Gasteiger charge is -2.67. The van der Waals surface area contributed by atoms with Gasteiger partial charge in [0.25, 0.3) is 0 Å². The lowest BCUT2D eigenvalue weighted by atomic mass is 9.36. The summed E-state index contributed by atoms with van der Waals surface area (Å²) in [7, 11) is 0. The second-order valence-corrected chi connectivity index (χ2v) is 16.4. The van der Waals surface area contributed by atoms with Crippen molar-refractivity contribution in [3.8, 4) is 0 Å². The highest BCUT2D eigenvalue weighted by Crippen LogP contribution is 2.72. The first-order chi connectivity index (χ1) is 19.8. The van der Waals surface area contributed by atoms with Gasteiger partial charge in [-0.15, -0.1) is 0 Å². The van der Waals surface area contributed by atoms with Gasteiger partial charge in [0.05, 0.1) is 24.9 Å². The molecule has 0 amide bonds. The van der Waals surface area contributed by atoms with E-state index >= 15 is 0 Å². The normalized spacial score (nSPS) is 45.0. The van der Waals surface area contributed by atoms with Crippen molar-refractivity contribution >= 4 is 11.8 Å². The van der Waals surface area contributed by atoms with Crippen LogP contribution in [-0.2, 0) is 19.1 Å². The summed E-state index contributed by atoms with van der Waals surface area (Å²) in [6.45, 7) is 21.6. The number of carbonyl (C=O) groups is 2. The second kappa shape index (κ2) is 10.8. The Morgan fingerprint density at radius 1 is 1.00 bits per heavy atom. The lowest BCUT2D eigenvalue weighted by Crippen LogP contribution is -2.63. The summed E-state index contributed by atoms with van der Waals surface area (Å²) in [6, 6.07) is 0. The summed E-state index contributed by atoms with van der Waals surface area (Å²) in [5.41, 5.74) is 1.32. The number of carboxylic acid groups (broad SMARTS) is 1. The molecular weight excluding hydrogens is 526 g/mol. The van der Waals surface area contributed by atoms with Crippen LogP contribution in [0.2, 0.25) is 0 Å². The Labute approximate surface area is 253 Å². The van der Waals surface area contributed by atoms with Crippen LogP contribution in [0.5, 0.6) is 0 Å². The number of aliphatic carboxylic acids is 1. The molecule has 0 spiro atoms. The summed E-state index contributed by atoms with van der Waals surface area (Å²) >= 11 is 0. The summed E-state index contributed by atoms with van der Waals surface area (Å²) in [4.78, 5) is 28.8. The molecule has 9 atom stereocenters. The number of morpholine rings is 1. The van der Waals surface area contributed by atoms with E-state index in [1.54, 1.807) is 0 Å². The number of carbonyl (C=O) groups excluding carboxylic acids is 1. The molecule has 42 heavy (non-hydrogen) atoms. The van der Waals surface area contributed by atoms with Gasteiger partial charge in [0.15, 0.2) is 5.78 Å². The first-order valence-corrected chi connectivity index (χ1v) is 16.9. The molecule has 234 valence electrons. The van der Waals surface area contributed by atoms with E-state index in [4.69, 9.17) is 9.47 Å². The third-order valence-corrected chi connectivity index (χ3v) is 14.0. The van der Waals surface area contributed by atoms with E-state index < -0.39 is 5.97 Å². The Morgan fingerprint density at radius 3 is 2.40 bits per heavy atom. The molecule has 5 fully saturated rings. The average molecular weight is 582 g/mol. The molecule has 0 aromatic carbocycles. The van der Waals surface area contributed by atoms with E-state index in [1.165, 1.54) is 5.57 Å². The fourth-order valence-electron chi connectivity index (χ4n) is 11.8. The largest absolute Gasteiger partial charge is 0.497 e. The summed E-state index contributed by atoms with van der Waals surface area (Å²) < 4.78 is 11.8. The SMILES string of the molecule is C=C(OCCN1CCOCC1)C1CCC2(C)C(CCC3(C)C4CCC5(C)CCC(C(=O)O)CC5C4=CC(=O)C32)C1(C)C. The van der Waals surface area contributed by atoms with Crippen molar-refractivity contribution in [2.75, 3.05) is 39.5 Å². The first-order valence-electron chi connectivity index (χ1n) is 16.9. The topological polar surface area (TPSA) is 76.1 Å². The monoisotopic (exact) mass is 581 g/mol. The van der Waals surface area contributed by atoms with Crippen LogP contribution in [0.25, 0.3) is 0 Å². The number of carboxylic acids is 1. The number of ether oxygens (including phenoxy) is 2. The molecule has 1 saturated heterocycles. The van der Waals surface area contributed by atoms with E-state index in [0.717, 1.165) is 90.0 Å². The van der Waals surface area contributed by atoms with Gasteiger partial charge < -0.3 is 14.6 Å². The zero-order valence-electron chi connectivity index (χ0n) is 26.9. The van der Waals surface area contributed by atoms with E-state index in [1.807, 2.05) is 0 Å². The molecule has 6 aliphatic rings. The molecule has 0 aromatic rings. The van der Waals surface area contributed by atoms with E-state index in [-0.39, 0.29) is 39.4 Å². The van der Waals surface area contributed by atoms with Crippen LogP contribution in [-0.4, -0.2) is 61.2 Å². The second-order valence-electron chi connectivity index (χ2n) is 16.4. The van der Waals surface area contributed by atoms with E-state index in [2.05, 4.69) is 52.2 Å². The maximum atomic E-state index is 14.4. The van der Waals surface area contributed by atoms with Gasteiger partial charge in [-0.1, -0.05) is 46.8 Å². The van der Waals surface area contributed by atoms with Crippen LogP contribution in [0, 0.1) is 57.2 Å². The summed E-state index contributed by atoms with van der Waals surface area (Å²) in [5, 5.41) is 9.87. The van der Waals surface area contributed by atoms with Crippen molar-refractivity contribution in [3.05, 3.63) is 24.0 Å². The van der Waals surface area contributed by atoms with Crippen LogP contribution >= 0.6 is 0 Å². The highest BCUT2D eigenvalue weighted by Gasteiger charge is 2.67. The maximum absolute atomic E-state index is 14.4. The van der Waals surface area contributed by atoms with Gasteiger partial charge >= 0.3 is 5.97 Å². The molecule has 6 rings (SSSR count). The van der Waals surface area contributed by atoms with Crippen LogP contribution in [0.4, 0.5) is 0 Å². The lowest BCUT2D eigenvalue weighted by molar-refractivity contribution is -0.177. The highest BCUT2D eigenvalue weighted by molar-refractivity contribution is 5.95. The molecule has 1 heterocycles. The van der Waals surface area contributed by atoms with E-state index in [0.29, 0.717) is 36.6 Å². The van der Waals surface area contributed by atoms with Gasteiger partial charge in [0.1, 0.15) is 6.61 Å². The number of fused-ring (bicyclic) bond motifs is 7. The number of rotatable bonds is 6. The Morgan fingerprint density at radius 2 is 1.69 bits per heavy atom. The molecule has 0 aromatic heterocycles. The van der Waals surface area contributed by atoms with Crippen molar-refractivity contribution < 1.29 is 24.2 Å². The van der Waals surface area contributed by atoms with Crippen molar-refractivity contribution in [1.82, 2.24) is 4.90 Å². The van der Waals surface area contributed by atoms with Gasteiger partial charge in [0, 0.05) is 31.5 Å². The predicted octanol–water partition coefficient (Wildman–Crippen LogP) is 6.75. The Bertz CT molecular complexity index is 1140.